The van der Waals surface area contributed by atoms with Crippen molar-refractivity contribution < 1.29 is 19.4 Å². The number of carbonyl (C=O) groups excluding carboxylic acids is 1. The van der Waals surface area contributed by atoms with Crippen LogP contribution >= 0.6 is 11.3 Å². The minimum Gasteiger partial charge on any atom is -0.483 e. The van der Waals surface area contributed by atoms with E-state index in [0.29, 0.717) is 16.8 Å². The van der Waals surface area contributed by atoms with Crippen molar-refractivity contribution in [3.8, 4) is 11.1 Å². The SMILES string of the molecule is CC(C)(C)[C@H]1CCc2nc3sc(C(=O)N[C@H](CCNC4CCOCC4)c4ccc(-c5ccc(=O)[nH]c5)cc4)cc3cc2C1.O=CO. The van der Waals surface area contributed by atoms with E-state index < -0.39 is 0 Å². The van der Waals surface area contributed by atoms with Crippen LogP contribution in [0.5, 0.6) is 0 Å². The molecule has 1 amide bonds. The molecule has 2 aliphatic rings. The summed E-state index contributed by atoms with van der Waals surface area (Å²) in [5.41, 5.74) is 5.70. The zero-order valence-electron chi connectivity index (χ0n) is 26.8. The monoisotopic (exact) mass is 644 g/mol. The van der Waals surface area contributed by atoms with Gasteiger partial charge < -0.3 is 25.5 Å². The number of nitrogens with zero attached hydrogens (tertiary/aromatic N) is 1. The molecule has 4 N–H and O–H groups in total. The van der Waals surface area contributed by atoms with Crippen LogP contribution in [0.1, 0.15) is 79.0 Å². The van der Waals surface area contributed by atoms with Crippen LogP contribution in [-0.2, 0) is 22.4 Å². The van der Waals surface area contributed by atoms with Gasteiger partial charge in [0.15, 0.2) is 0 Å². The molecule has 1 saturated heterocycles. The molecule has 0 saturated carbocycles. The molecular formula is C36H44N4O5S. The molecule has 2 atom stereocenters. The summed E-state index contributed by atoms with van der Waals surface area (Å²) in [6, 6.07) is 16.2. The molecule has 1 aliphatic carbocycles. The van der Waals surface area contributed by atoms with Crippen LogP contribution in [0.3, 0.4) is 0 Å². The molecule has 1 fully saturated rings. The lowest BCUT2D eigenvalue weighted by Gasteiger charge is -2.34. The van der Waals surface area contributed by atoms with Gasteiger partial charge in [-0.25, -0.2) is 4.98 Å². The number of ether oxygens (including phenoxy) is 1. The topological polar surface area (TPSA) is 133 Å². The van der Waals surface area contributed by atoms with Gasteiger partial charge in [0.25, 0.3) is 12.4 Å². The van der Waals surface area contributed by atoms with E-state index in [1.165, 1.54) is 35.1 Å². The third-order valence-electron chi connectivity index (χ3n) is 9.14. The number of rotatable bonds is 8. The Morgan fingerprint density at radius 1 is 1.11 bits per heavy atom. The van der Waals surface area contributed by atoms with Crippen molar-refractivity contribution in [3.63, 3.8) is 0 Å². The quantitative estimate of drug-likeness (QED) is 0.170. The number of aromatic amines is 1. The summed E-state index contributed by atoms with van der Waals surface area (Å²) in [6.07, 6.45) is 7.75. The fraction of sp³-hybridized carbons (Fsp3) is 0.444. The number of amides is 1. The van der Waals surface area contributed by atoms with E-state index in [0.717, 1.165) is 78.8 Å². The van der Waals surface area contributed by atoms with Crippen LogP contribution in [0.25, 0.3) is 21.3 Å². The van der Waals surface area contributed by atoms with Crippen LogP contribution in [-0.4, -0.2) is 53.3 Å². The van der Waals surface area contributed by atoms with Gasteiger partial charge in [0.05, 0.1) is 10.9 Å². The maximum absolute atomic E-state index is 13.7. The molecule has 244 valence electrons. The number of H-pyrrole nitrogens is 1. The second-order valence-corrected chi connectivity index (χ2v) is 14.3. The molecule has 0 unspecified atom stereocenters. The van der Waals surface area contributed by atoms with Crippen molar-refractivity contribution in [2.24, 2.45) is 11.3 Å². The number of pyridine rings is 2. The molecule has 3 aromatic heterocycles. The highest BCUT2D eigenvalue weighted by Crippen LogP contribution is 2.38. The lowest BCUT2D eigenvalue weighted by atomic mass is 9.71. The third-order valence-corrected chi connectivity index (χ3v) is 10.2. The number of nitrogens with one attached hydrogen (secondary N) is 3. The number of thiophene rings is 1. The van der Waals surface area contributed by atoms with E-state index in [4.69, 9.17) is 19.6 Å². The normalized spacial score (nSPS) is 17.4. The van der Waals surface area contributed by atoms with Crippen molar-refractivity contribution in [2.75, 3.05) is 19.8 Å². The van der Waals surface area contributed by atoms with E-state index in [9.17, 15) is 9.59 Å². The number of carbonyl (C=O) groups is 2. The molecule has 0 bridgehead atoms. The van der Waals surface area contributed by atoms with Crippen LogP contribution in [0.4, 0.5) is 0 Å². The standard InChI is InChI=1S/C35H42N4O3S.CH2O2/c1-35(2,3)27-9-10-29-25(19-27)18-26-20-31(43-34(26)39-29)33(41)38-30(12-15-36-28-13-16-42-17-14-28)23-6-4-22(5-7-23)24-8-11-32(40)37-21-24;2-1-3/h4-8,11,18,20-21,27-28,30,36H,9-10,12-17,19H2,1-3H3,(H,37,40)(H,38,41);1H,(H,2,3)/t27-,30+;/m0./s1. The second kappa shape index (κ2) is 15.2. The van der Waals surface area contributed by atoms with E-state index in [2.05, 4.69) is 54.6 Å². The molecule has 4 aromatic rings. The van der Waals surface area contributed by atoms with E-state index in [1.54, 1.807) is 6.20 Å². The highest BCUT2D eigenvalue weighted by Gasteiger charge is 2.30. The average molecular weight is 645 g/mol. The highest BCUT2D eigenvalue weighted by atomic mass is 32.1. The number of carboxylic acid groups (broad SMARTS) is 1. The summed E-state index contributed by atoms with van der Waals surface area (Å²) < 4.78 is 5.51. The van der Waals surface area contributed by atoms with Crippen molar-refractivity contribution in [2.45, 2.75) is 71.4 Å². The summed E-state index contributed by atoms with van der Waals surface area (Å²) in [5.74, 6) is 0.584. The lowest BCUT2D eigenvalue weighted by Crippen LogP contribution is -2.37. The number of fused-ring (bicyclic) bond motifs is 2. The zero-order valence-corrected chi connectivity index (χ0v) is 27.6. The van der Waals surface area contributed by atoms with Crippen molar-refractivity contribution in [1.29, 1.82) is 0 Å². The Kier molecular flexibility index (Phi) is 11.0. The summed E-state index contributed by atoms with van der Waals surface area (Å²) in [7, 11) is 0. The van der Waals surface area contributed by atoms with Crippen LogP contribution in [0.2, 0.25) is 0 Å². The van der Waals surface area contributed by atoms with E-state index in [-0.39, 0.29) is 29.4 Å². The first kappa shape index (κ1) is 33.5. The molecule has 0 radical (unpaired) electrons. The Labute approximate surface area is 273 Å². The Morgan fingerprint density at radius 2 is 1.83 bits per heavy atom. The van der Waals surface area contributed by atoms with Gasteiger partial charge in [0.2, 0.25) is 5.56 Å². The number of aromatic nitrogens is 2. The largest absolute Gasteiger partial charge is 0.483 e. The van der Waals surface area contributed by atoms with Crippen LogP contribution < -0.4 is 16.2 Å². The maximum Gasteiger partial charge on any atom is 0.290 e. The Bertz CT molecular complexity index is 1670. The molecule has 6 rings (SSSR count). The fourth-order valence-corrected chi connectivity index (χ4v) is 7.29. The van der Waals surface area contributed by atoms with Crippen molar-refractivity contribution in [3.05, 3.63) is 86.8 Å². The van der Waals surface area contributed by atoms with Gasteiger partial charge >= 0.3 is 0 Å². The molecule has 46 heavy (non-hydrogen) atoms. The minimum atomic E-state index is -0.250. The average Bonchev–Trinajstić information content (AvgIpc) is 3.47. The summed E-state index contributed by atoms with van der Waals surface area (Å²) >= 11 is 1.49. The van der Waals surface area contributed by atoms with Gasteiger partial charge in [-0.15, -0.1) is 11.3 Å². The fourth-order valence-electron chi connectivity index (χ4n) is 6.36. The molecule has 0 spiro atoms. The first-order valence-electron chi connectivity index (χ1n) is 16.1. The first-order valence-corrected chi connectivity index (χ1v) is 16.9. The maximum atomic E-state index is 13.7. The number of aryl methyl sites for hydroxylation is 1. The molecule has 1 aliphatic heterocycles. The lowest BCUT2D eigenvalue weighted by molar-refractivity contribution is -0.122. The van der Waals surface area contributed by atoms with Crippen molar-refractivity contribution in [1.82, 2.24) is 20.6 Å². The first-order chi connectivity index (χ1) is 22.1. The van der Waals surface area contributed by atoms with Gasteiger partial charge in [0, 0.05) is 42.6 Å². The minimum absolute atomic E-state index is 0.0608. The van der Waals surface area contributed by atoms with Crippen molar-refractivity contribution >= 4 is 33.9 Å². The molecular weight excluding hydrogens is 600 g/mol. The van der Waals surface area contributed by atoms with Gasteiger partial charge in [-0.3, -0.25) is 14.4 Å². The predicted octanol–water partition coefficient (Wildman–Crippen LogP) is 6.13. The number of hydrogen-bond donors (Lipinski definition) is 4. The summed E-state index contributed by atoms with van der Waals surface area (Å²) in [4.78, 5) is 42.9. The Balaban J connectivity index is 0.00000134. The molecule has 1 aromatic carbocycles. The van der Waals surface area contributed by atoms with E-state index in [1.807, 2.05) is 24.3 Å². The van der Waals surface area contributed by atoms with E-state index >= 15 is 0 Å². The molecule has 4 heterocycles. The second-order valence-electron chi connectivity index (χ2n) is 13.2. The van der Waals surface area contributed by atoms with Gasteiger partial charge in [-0.1, -0.05) is 45.0 Å². The zero-order chi connectivity index (χ0) is 32.7. The summed E-state index contributed by atoms with van der Waals surface area (Å²) in [6.45, 7) is 9.12. The number of benzene rings is 1. The van der Waals surface area contributed by atoms with Crippen LogP contribution in [0, 0.1) is 11.3 Å². The molecule has 9 nitrogen and oxygen atoms in total. The smallest absolute Gasteiger partial charge is 0.290 e. The van der Waals surface area contributed by atoms with Gasteiger partial charge in [-0.2, -0.15) is 0 Å². The van der Waals surface area contributed by atoms with Gasteiger partial charge in [0.1, 0.15) is 4.83 Å². The third kappa shape index (κ3) is 8.48. The number of hydrogen-bond acceptors (Lipinski definition) is 7. The Morgan fingerprint density at radius 3 is 2.50 bits per heavy atom. The van der Waals surface area contributed by atoms with Gasteiger partial charge in [-0.05, 0) is 96.9 Å². The molecule has 10 heteroatoms. The van der Waals surface area contributed by atoms with Crippen LogP contribution in [0.15, 0.2) is 59.5 Å². The predicted molar refractivity (Wildman–Crippen MR) is 182 cm³/mol. The highest BCUT2D eigenvalue weighted by molar-refractivity contribution is 7.20. The Hall–Kier alpha value is -3.86. The summed E-state index contributed by atoms with van der Waals surface area (Å²) in [5, 5.41) is 15.0.